The number of aromatic nitrogens is 1. The van der Waals surface area contributed by atoms with E-state index >= 15 is 0 Å². The first kappa shape index (κ1) is 16.1. The third-order valence-electron chi connectivity index (χ3n) is 2.61. The maximum atomic E-state index is 12.2. The van der Waals surface area contributed by atoms with Crippen LogP contribution < -0.4 is 9.46 Å². The fourth-order valence-corrected chi connectivity index (χ4v) is 4.63. The number of sulfone groups is 1. The number of thiazole rings is 1. The Kier molecular flexibility index (Phi) is 4.24. The molecule has 0 aliphatic carbocycles. The molecule has 1 N–H and O–H groups in total. The molecule has 0 saturated heterocycles. The van der Waals surface area contributed by atoms with Gasteiger partial charge in [-0.3, -0.25) is 0 Å². The van der Waals surface area contributed by atoms with Gasteiger partial charge in [-0.05, 0) is 26.1 Å². The van der Waals surface area contributed by atoms with Crippen molar-refractivity contribution in [2.45, 2.75) is 16.2 Å². The van der Waals surface area contributed by atoms with Crippen LogP contribution in [0.1, 0.15) is 6.92 Å². The fraction of sp³-hybridized carbons (Fsp3) is 0.364. The summed E-state index contributed by atoms with van der Waals surface area (Å²) in [6.45, 7) is 2.00. The molecular formula is C11H14N2O5S3. The summed E-state index contributed by atoms with van der Waals surface area (Å²) in [5, 5.41) is 0. The van der Waals surface area contributed by atoms with E-state index in [1.54, 1.807) is 13.0 Å². The molecule has 10 heteroatoms. The Balaban J connectivity index is 2.88. The van der Waals surface area contributed by atoms with Crippen LogP contribution in [0.3, 0.4) is 0 Å². The highest BCUT2D eigenvalue weighted by Gasteiger charge is 2.26. The molecule has 1 heterocycles. The normalized spacial score (nSPS) is 12.7. The molecule has 0 fully saturated rings. The lowest BCUT2D eigenvalue weighted by molar-refractivity contribution is 0.332. The number of hydrogen-bond acceptors (Lipinski definition) is 7. The van der Waals surface area contributed by atoms with Gasteiger partial charge in [0.2, 0.25) is 24.2 Å². The first-order valence-electron chi connectivity index (χ1n) is 5.90. The molecule has 0 bridgehead atoms. The molecular weight excluding hydrogens is 336 g/mol. The summed E-state index contributed by atoms with van der Waals surface area (Å²) in [5.74, 6) is 0.143. The molecule has 0 saturated carbocycles. The number of nitrogens with zero attached hydrogens (tertiary/aromatic N) is 1. The molecule has 0 unspecified atom stereocenters. The Morgan fingerprint density at radius 1 is 1.29 bits per heavy atom. The average molecular weight is 350 g/mol. The molecule has 116 valence electrons. The van der Waals surface area contributed by atoms with Gasteiger partial charge in [0.15, 0.2) is 4.90 Å². The second-order valence-electron chi connectivity index (χ2n) is 4.13. The van der Waals surface area contributed by atoms with Crippen LogP contribution in [0.5, 0.6) is 5.75 Å². The highest BCUT2D eigenvalue weighted by molar-refractivity contribution is 7.92. The highest BCUT2D eigenvalue weighted by Crippen LogP contribution is 2.35. The van der Waals surface area contributed by atoms with E-state index in [1.807, 2.05) is 0 Å². The van der Waals surface area contributed by atoms with Crippen LogP contribution in [-0.4, -0.2) is 41.7 Å². The van der Waals surface area contributed by atoms with Gasteiger partial charge in [-0.2, -0.15) is 0 Å². The van der Waals surface area contributed by atoms with E-state index in [4.69, 9.17) is 4.74 Å². The van der Waals surface area contributed by atoms with E-state index < -0.39 is 19.9 Å². The summed E-state index contributed by atoms with van der Waals surface area (Å²) in [6.07, 6.45) is 1.03. The SMILES string of the molecule is CCOc1ccc2sc(S(C)(=O)=O)nc2c1S(=O)(=O)NC. The minimum Gasteiger partial charge on any atom is -0.492 e. The predicted octanol–water partition coefficient (Wildman–Crippen LogP) is 1.01. The number of hydrogen-bond donors (Lipinski definition) is 1. The van der Waals surface area contributed by atoms with Crippen molar-refractivity contribution in [2.75, 3.05) is 19.9 Å². The molecule has 0 radical (unpaired) electrons. The third-order valence-corrected chi connectivity index (χ3v) is 6.78. The molecule has 0 aliphatic heterocycles. The van der Waals surface area contributed by atoms with Gasteiger partial charge < -0.3 is 4.74 Å². The summed E-state index contributed by atoms with van der Waals surface area (Å²) in [5.41, 5.74) is 0.0979. The van der Waals surface area contributed by atoms with Crippen LogP contribution in [-0.2, 0) is 19.9 Å². The molecule has 0 amide bonds. The first-order chi connectivity index (χ1) is 9.70. The maximum Gasteiger partial charge on any atom is 0.246 e. The van der Waals surface area contributed by atoms with E-state index in [-0.39, 0.29) is 27.1 Å². The van der Waals surface area contributed by atoms with Gasteiger partial charge in [-0.15, -0.1) is 11.3 Å². The summed E-state index contributed by atoms with van der Waals surface area (Å²) >= 11 is 0.925. The van der Waals surface area contributed by atoms with Crippen LogP contribution in [0.25, 0.3) is 10.2 Å². The topological polar surface area (TPSA) is 102 Å². The molecule has 2 rings (SSSR count). The Labute approximate surface area is 126 Å². The van der Waals surface area contributed by atoms with Crippen LogP contribution in [0.15, 0.2) is 21.4 Å². The summed E-state index contributed by atoms with van der Waals surface area (Å²) in [7, 11) is -6.07. The van der Waals surface area contributed by atoms with Crippen LogP contribution in [0.2, 0.25) is 0 Å². The van der Waals surface area contributed by atoms with E-state index in [2.05, 4.69) is 9.71 Å². The smallest absolute Gasteiger partial charge is 0.246 e. The number of nitrogens with one attached hydrogen (secondary N) is 1. The molecule has 2 aromatic rings. The maximum absolute atomic E-state index is 12.2. The number of fused-ring (bicyclic) bond motifs is 1. The predicted molar refractivity (Wildman–Crippen MR) is 80.1 cm³/mol. The lowest BCUT2D eigenvalue weighted by Gasteiger charge is -2.10. The van der Waals surface area contributed by atoms with E-state index in [9.17, 15) is 16.8 Å². The van der Waals surface area contributed by atoms with E-state index in [1.165, 1.54) is 13.1 Å². The highest BCUT2D eigenvalue weighted by atomic mass is 32.2. The molecule has 7 nitrogen and oxygen atoms in total. The Hall–Kier alpha value is -1.23. The summed E-state index contributed by atoms with van der Waals surface area (Å²) in [4.78, 5) is 3.83. The van der Waals surface area contributed by atoms with Crippen LogP contribution in [0.4, 0.5) is 0 Å². The van der Waals surface area contributed by atoms with Gasteiger partial charge in [-0.25, -0.2) is 26.5 Å². The molecule has 1 aromatic carbocycles. The standard InChI is InChI=1S/C11H14N2O5S3/c1-4-18-7-5-6-8-9(10(7)21(16,17)12-2)13-11(19-8)20(3,14)15/h5-6,12H,4H2,1-3H3. The largest absolute Gasteiger partial charge is 0.492 e. The van der Waals surface area contributed by atoms with Gasteiger partial charge in [-0.1, -0.05) is 0 Å². The first-order valence-corrected chi connectivity index (χ1v) is 10.1. The molecule has 1 aromatic heterocycles. The Bertz CT molecular complexity index is 884. The van der Waals surface area contributed by atoms with Crippen molar-refractivity contribution in [3.63, 3.8) is 0 Å². The van der Waals surface area contributed by atoms with Crippen molar-refractivity contribution in [1.29, 1.82) is 0 Å². The third kappa shape index (κ3) is 3.03. The van der Waals surface area contributed by atoms with Crippen molar-refractivity contribution < 1.29 is 21.6 Å². The van der Waals surface area contributed by atoms with E-state index in [0.29, 0.717) is 4.70 Å². The lowest BCUT2D eigenvalue weighted by atomic mass is 10.3. The zero-order valence-corrected chi connectivity index (χ0v) is 14.0. The Morgan fingerprint density at radius 2 is 1.95 bits per heavy atom. The van der Waals surface area contributed by atoms with Gasteiger partial charge in [0.25, 0.3) is 0 Å². The quantitative estimate of drug-likeness (QED) is 0.863. The van der Waals surface area contributed by atoms with Crippen molar-refractivity contribution in [3.05, 3.63) is 12.1 Å². The monoisotopic (exact) mass is 350 g/mol. The molecule has 21 heavy (non-hydrogen) atoms. The van der Waals surface area contributed by atoms with Gasteiger partial charge in [0.05, 0.1) is 11.3 Å². The van der Waals surface area contributed by atoms with E-state index in [0.717, 1.165) is 17.6 Å². The molecule has 0 aliphatic rings. The number of rotatable bonds is 5. The van der Waals surface area contributed by atoms with Crippen molar-refractivity contribution in [2.24, 2.45) is 0 Å². The van der Waals surface area contributed by atoms with Gasteiger partial charge in [0, 0.05) is 6.26 Å². The van der Waals surface area contributed by atoms with Gasteiger partial charge >= 0.3 is 0 Å². The van der Waals surface area contributed by atoms with Crippen molar-refractivity contribution in [1.82, 2.24) is 9.71 Å². The lowest BCUT2D eigenvalue weighted by Crippen LogP contribution is -2.20. The number of sulfonamides is 1. The summed E-state index contributed by atoms with van der Waals surface area (Å²) in [6, 6.07) is 3.10. The molecule has 0 spiro atoms. The fourth-order valence-electron chi connectivity index (χ4n) is 1.72. The van der Waals surface area contributed by atoms with Gasteiger partial charge in [0.1, 0.15) is 11.3 Å². The van der Waals surface area contributed by atoms with Crippen molar-refractivity contribution in [3.8, 4) is 5.75 Å². The van der Waals surface area contributed by atoms with Crippen LogP contribution in [0, 0.1) is 0 Å². The zero-order chi connectivity index (χ0) is 15.8. The Morgan fingerprint density at radius 3 is 2.48 bits per heavy atom. The second kappa shape index (κ2) is 5.52. The molecule has 0 atom stereocenters. The van der Waals surface area contributed by atoms with Crippen molar-refractivity contribution >= 4 is 41.4 Å². The number of ether oxygens (including phenoxy) is 1. The minimum atomic E-state index is -3.84. The zero-order valence-electron chi connectivity index (χ0n) is 11.6. The minimum absolute atomic E-state index is 0.0979. The van der Waals surface area contributed by atoms with Crippen LogP contribution >= 0.6 is 11.3 Å². The number of benzene rings is 1. The average Bonchev–Trinajstić information content (AvgIpc) is 2.82. The second-order valence-corrected chi connectivity index (χ2v) is 9.18. The summed E-state index contributed by atoms with van der Waals surface area (Å²) < 4.78 is 55.4.